The number of imide groups is 2. The zero-order valence-electron chi connectivity index (χ0n) is 18.8. The Balaban J connectivity index is 1.92. The first kappa shape index (κ1) is 25.2. The fraction of sp³-hybridized carbons (Fsp3) is 0.250. The number of anilines is 1. The average molecular weight is 578 g/mol. The first-order chi connectivity index (χ1) is 16.3. The van der Waals surface area contributed by atoms with E-state index in [2.05, 4.69) is 5.32 Å². The molecule has 0 aliphatic carbocycles. The van der Waals surface area contributed by atoms with Gasteiger partial charge in [0.2, 0.25) is 0 Å². The normalized spacial score (nSPS) is 14.8. The van der Waals surface area contributed by atoms with Crippen molar-refractivity contribution in [1.29, 1.82) is 0 Å². The summed E-state index contributed by atoms with van der Waals surface area (Å²) in [6.45, 7) is 3.63. The van der Waals surface area contributed by atoms with E-state index < -0.39 is 23.8 Å². The number of aryl methyl sites for hydroxylation is 1. The molecule has 3 rings (SSSR count). The van der Waals surface area contributed by atoms with E-state index in [1.165, 1.54) is 13.2 Å². The maximum Gasteiger partial charge on any atom is 0.344 e. The molecule has 34 heavy (non-hydrogen) atoms. The second-order valence-corrected chi connectivity index (χ2v) is 8.27. The highest BCUT2D eigenvalue weighted by atomic mass is 127. The monoisotopic (exact) mass is 578 g/mol. The number of nitrogens with one attached hydrogen (secondary N) is 1. The quantitative estimate of drug-likeness (QED) is 0.221. The number of methoxy groups -OCH3 is 1. The summed E-state index contributed by atoms with van der Waals surface area (Å²) in [5, 5.41) is 2.21. The third-order valence-corrected chi connectivity index (χ3v) is 5.71. The number of benzene rings is 2. The highest BCUT2D eigenvalue weighted by Crippen LogP contribution is 2.35. The van der Waals surface area contributed by atoms with Crippen LogP contribution in [0.5, 0.6) is 11.5 Å². The largest absolute Gasteiger partial charge is 0.493 e. The van der Waals surface area contributed by atoms with Crippen LogP contribution in [-0.4, -0.2) is 44.1 Å². The number of ether oxygens (including phenoxy) is 3. The minimum Gasteiger partial charge on any atom is -0.493 e. The summed E-state index contributed by atoms with van der Waals surface area (Å²) < 4.78 is 16.4. The summed E-state index contributed by atoms with van der Waals surface area (Å²) in [4.78, 5) is 50.6. The molecule has 0 spiro atoms. The van der Waals surface area contributed by atoms with Crippen molar-refractivity contribution in [3.05, 3.63) is 56.7 Å². The molecule has 10 heteroatoms. The third kappa shape index (κ3) is 5.56. The lowest BCUT2D eigenvalue weighted by atomic mass is 10.1. The van der Waals surface area contributed by atoms with Gasteiger partial charge in [0, 0.05) is 0 Å². The molecule has 0 bridgehead atoms. The number of esters is 1. The number of nitrogens with zero attached hydrogens (tertiary/aromatic N) is 1. The molecular formula is C24H23IN2O7. The van der Waals surface area contributed by atoms with E-state index in [4.69, 9.17) is 14.2 Å². The van der Waals surface area contributed by atoms with E-state index in [-0.39, 0.29) is 18.8 Å². The van der Waals surface area contributed by atoms with E-state index in [0.717, 1.165) is 16.9 Å². The van der Waals surface area contributed by atoms with Gasteiger partial charge in [0.15, 0.2) is 18.1 Å². The molecule has 0 unspecified atom stereocenters. The summed E-state index contributed by atoms with van der Waals surface area (Å²) in [5.74, 6) is -1.43. The van der Waals surface area contributed by atoms with Crippen molar-refractivity contribution in [3.63, 3.8) is 0 Å². The second kappa shape index (κ2) is 11.1. The molecule has 4 amide bonds. The third-order valence-electron chi connectivity index (χ3n) is 4.91. The first-order valence-corrected chi connectivity index (χ1v) is 11.5. The van der Waals surface area contributed by atoms with Gasteiger partial charge in [0.05, 0.1) is 23.0 Å². The lowest BCUT2D eigenvalue weighted by Crippen LogP contribution is -2.54. The predicted octanol–water partition coefficient (Wildman–Crippen LogP) is 3.47. The zero-order valence-corrected chi connectivity index (χ0v) is 21.0. The van der Waals surface area contributed by atoms with Gasteiger partial charge in [-0.2, -0.15) is 0 Å². The Morgan fingerprint density at radius 3 is 2.44 bits per heavy atom. The molecule has 2 aromatic carbocycles. The van der Waals surface area contributed by atoms with Crippen LogP contribution in [0.4, 0.5) is 10.5 Å². The number of rotatable bonds is 8. The first-order valence-electron chi connectivity index (χ1n) is 10.4. The second-order valence-electron chi connectivity index (χ2n) is 7.11. The molecule has 2 aromatic rings. The number of halogens is 1. The van der Waals surface area contributed by atoms with Gasteiger partial charge in [-0.3, -0.25) is 14.9 Å². The molecule has 1 saturated heterocycles. The minimum atomic E-state index is -0.814. The van der Waals surface area contributed by atoms with Crippen molar-refractivity contribution in [2.75, 3.05) is 25.2 Å². The molecular weight excluding hydrogens is 555 g/mol. The van der Waals surface area contributed by atoms with Gasteiger partial charge in [-0.05, 0) is 77.4 Å². The van der Waals surface area contributed by atoms with Gasteiger partial charge in [-0.25, -0.2) is 14.5 Å². The number of hydrogen-bond donors (Lipinski definition) is 1. The Kier molecular flexibility index (Phi) is 8.26. The molecule has 1 fully saturated rings. The molecule has 0 aromatic heterocycles. The number of amides is 4. The average Bonchev–Trinajstić information content (AvgIpc) is 2.81. The lowest BCUT2D eigenvalue weighted by Gasteiger charge is -2.26. The standard InChI is InChI=1S/C24H23IN2O7/c1-4-14-6-8-16(9-7-14)27-23(30)17(22(29)26-24(27)31)10-15-11-18(25)21(19(12-15)32-3)34-13-20(28)33-5-2/h6-12H,4-5,13H2,1-3H3,(H,26,29,31)/b17-10-. The van der Waals surface area contributed by atoms with Crippen LogP contribution in [0.25, 0.3) is 6.08 Å². The number of hydrogen-bond acceptors (Lipinski definition) is 7. The van der Waals surface area contributed by atoms with Crippen LogP contribution in [0.1, 0.15) is 25.0 Å². The van der Waals surface area contributed by atoms with Crippen molar-refractivity contribution in [2.45, 2.75) is 20.3 Å². The molecule has 0 atom stereocenters. The summed E-state index contributed by atoms with van der Waals surface area (Å²) in [7, 11) is 1.43. The van der Waals surface area contributed by atoms with Crippen molar-refractivity contribution < 1.29 is 33.4 Å². The van der Waals surface area contributed by atoms with Crippen LogP contribution in [0, 0.1) is 3.57 Å². The smallest absolute Gasteiger partial charge is 0.344 e. The van der Waals surface area contributed by atoms with Crippen LogP contribution >= 0.6 is 22.6 Å². The van der Waals surface area contributed by atoms with Crippen LogP contribution < -0.4 is 19.7 Å². The van der Waals surface area contributed by atoms with Gasteiger partial charge in [-0.15, -0.1) is 0 Å². The molecule has 9 nitrogen and oxygen atoms in total. The highest BCUT2D eigenvalue weighted by molar-refractivity contribution is 14.1. The Bertz CT molecular complexity index is 1160. The van der Waals surface area contributed by atoms with Crippen LogP contribution in [0.3, 0.4) is 0 Å². The van der Waals surface area contributed by atoms with Crippen molar-refractivity contribution in [3.8, 4) is 11.5 Å². The maximum absolute atomic E-state index is 13.1. The summed E-state index contributed by atoms with van der Waals surface area (Å²) in [6.07, 6.45) is 2.18. The van der Waals surface area contributed by atoms with Crippen LogP contribution in [0.15, 0.2) is 42.0 Å². The van der Waals surface area contributed by atoms with Crippen molar-refractivity contribution in [1.82, 2.24) is 5.32 Å². The van der Waals surface area contributed by atoms with E-state index in [1.807, 2.05) is 41.6 Å². The van der Waals surface area contributed by atoms with Crippen LogP contribution in [0.2, 0.25) is 0 Å². The van der Waals surface area contributed by atoms with Crippen molar-refractivity contribution in [2.24, 2.45) is 0 Å². The summed E-state index contributed by atoms with van der Waals surface area (Å²) in [6, 6.07) is 9.36. The number of carbonyl (C=O) groups is 4. The van der Waals surface area contributed by atoms with Gasteiger partial charge in [-0.1, -0.05) is 19.1 Å². The van der Waals surface area contributed by atoms with Gasteiger partial charge in [0.1, 0.15) is 5.57 Å². The predicted molar refractivity (Wildman–Crippen MR) is 133 cm³/mol. The van der Waals surface area contributed by atoms with E-state index in [9.17, 15) is 19.2 Å². The van der Waals surface area contributed by atoms with E-state index in [1.54, 1.807) is 31.2 Å². The lowest BCUT2D eigenvalue weighted by molar-refractivity contribution is -0.145. The summed E-state index contributed by atoms with van der Waals surface area (Å²) >= 11 is 1.99. The van der Waals surface area contributed by atoms with Gasteiger partial charge in [0.25, 0.3) is 11.8 Å². The number of carbonyl (C=O) groups excluding carboxylic acids is 4. The Labute approximate surface area is 210 Å². The molecule has 0 saturated carbocycles. The highest BCUT2D eigenvalue weighted by Gasteiger charge is 2.36. The van der Waals surface area contributed by atoms with E-state index in [0.29, 0.717) is 26.3 Å². The molecule has 1 aliphatic rings. The Hall–Kier alpha value is -3.41. The fourth-order valence-electron chi connectivity index (χ4n) is 3.24. The van der Waals surface area contributed by atoms with E-state index >= 15 is 0 Å². The Morgan fingerprint density at radius 2 is 1.82 bits per heavy atom. The van der Waals surface area contributed by atoms with Gasteiger partial charge >= 0.3 is 12.0 Å². The number of barbiturate groups is 1. The molecule has 0 radical (unpaired) electrons. The fourth-order valence-corrected chi connectivity index (χ4v) is 4.02. The molecule has 1 N–H and O–H groups in total. The topological polar surface area (TPSA) is 111 Å². The maximum atomic E-state index is 13.1. The number of urea groups is 1. The Morgan fingerprint density at radius 1 is 1.12 bits per heavy atom. The zero-order chi connectivity index (χ0) is 24.8. The van der Waals surface area contributed by atoms with Crippen molar-refractivity contribution >= 4 is 58.2 Å². The van der Waals surface area contributed by atoms with Gasteiger partial charge < -0.3 is 14.2 Å². The van der Waals surface area contributed by atoms with Crippen LogP contribution in [-0.2, 0) is 25.5 Å². The minimum absolute atomic E-state index is 0.211. The summed E-state index contributed by atoms with van der Waals surface area (Å²) in [5.41, 5.74) is 1.66. The molecule has 178 valence electrons. The SMILES string of the molecule is CCOC(=O)COc1c(I)cc(/C=C2/C(=O)NC(=O)N(c3ccc(CC)cc3)C2=O)cc1OC. The molecule has 1 aliphatic heterocycles. The molecule has 1 heterocycles.